The lowest BCUT2D eigenvalue weighted by molar-refractivity contribution is -0.133. The first-order valence-electron chi connectivity index (χ1n) is 5.91. The largest absolute Gasteiger partial charge is 0.409 e. The molecule has 2 saturated carbocycles. The Morgan fingerprint density at radius 3 is 2.56 bits per heavy atom. The molecule has 0 aromatic carbocycles. The highest BCUT2D eigenvalue weighted by atomic mass is 16.4. The second-order valence-electron chi connectivity index (χ2n) is 4.91. The van der Waals surface area contributed by atoms with Gasteiger partial charge in [-0.05, 0) is 38.5 Å². The fourth-order valence-corrected chi connectivity index (χ4v) is 1.85. The van der Waals surface area contributed by atoms with Crippen LogP contribution in [-0.2, 0) is 4.79 Å². The molecule has 2 rings (SSSR count). The Labute approximate surface area is 95.3 Å². The molecule has 5 heteroatoms. The van der Waals surface area contributed by atoms with Crippen LogP contribution in [0, 0.1) is 11.8 Å². The summed E-state index contributed by atoms with van der Waals surface area (Å²) in [7, 11) is 0. The van der Waals surface area contributed by atoms with Crippen LogP contribution in [0.3, 0.4) is 0 Å². The van der Waals surface area contributed by atoms with Gasteiger partial charge < -0.3 is 15.8 Å². The summed E-state index contributed by atoms with van der Waals surface area (Å²) in [6.07, 6.45) is 4.66. The fraction of sp³-hybridized carbons (Fsp3) is 0.818. The van der Waals surface area contributed by atoms with Gasteiger partial charge in [0.25, 0.3) is 0 Å². The molecule has 1 amide bonds. The molecule has 1 unspecified atom stereocenters. The van der Waals surface area contributed by atoms with Gasteiger partial charge in [-0.15, -0.1) is 0 Å². The number of carbonyl (C=O) groups excluding carboxylic acids is 1. The van der Waals surface area contributed by atoms with E-state index in [9.17, 15) is 4.79 Å². The summed E-state index contributed by atoms with van der Waals surface area (Å²) in [5.41, 5.74) is 5.47. The molecule has 0 spiro atoms. The van der Waals surface area contributed by atoms with E-state index in [4.69, 9.17) is 10.9 Å². The van der Waals surface area contributed by atoms with Crippen molar-refractivity contribution in [1.29, 1.82) is 0 Å². The van der Waals surface area contributed by atoms with Crippen molar-refractivity contribution < 1.29 is 10.0 Å². The van der Waals surface area contributed by atoms with Crippen LogP contribution >= 0.6 is 0 Å². The van der Waals surface area contributed by atoms with Crippen molar-refractivity contribution in [3.05, 3.63) is 0 Å². The lowest BCUT2D eigenvalue weighted by atomic mass is 10.1. The Bertz CT molecular complexity index is 308. The van der Waals surface area contributed by atoms with Crippen LogP contribution in [0.1, 0.15) is 32.6 Å². The van der Waals surface area contributed by atoms with E-state index in [0.717, 1.165) is 19.4 Å². The van der Waals surface area contributed by atoms with E-state index >= 15 is 0 Å². The average Bonchev–Trinajstić information content (AvgIpc) is 3.15. The van der Waals surface area contributed by atoms with E-state index in [-0.39, 0.29) is 11.7 Å². The number of hydrogen-bond donors (Lipinski definition) is 2. The van der Waals surface area contributed by atoms with Crippen molar-refractivity contribution in [3.63, 3.8) is 0 Å². The molecule has 0 saturated heterocycles. The van der Waals surface area contributed by atoms with Crippen LogP contribution in [0.2, 0.25) is 0 Å². The Morgan fingerprint density at radius 2 is 2.12 bits per heavy atom. The molecular formula is C11H19N3O2. The zero-order chi connectivity index (χ0) is 11.7. The first-order chi connectivity index (χ1) is 7.63. The Balaban J connectivity index is 1.97. The molecule has 0 radical (unpaired) electrons. The van der Waals surface area contributed by atoms with Crippen molar-refractivity contribution in [3.8, 4) is 0 Å². The lowest BCUT2D eigenvalue weighted by Gasteiger charge is -2.25. The maximum atomic E-state index is 12.1. The zero-order valence-electron chi connectivity index (χ0n) is 9.59. The molecule has 0 aliphatic heterocycles. The summed E-state index contributed by atoms with van der Waals surface area (Å²) in [4.78, 5) is 14.1. The van der Waals surface area contributed by atoms with Gasteiger partial charge in [-0.2, -0.15) is 0 Å². The quantitative estimate of drug-likeness (QED) is 0.314. The van der Waals surface area contributed by atoms with Crippen LogP contribution < -0.4 is 5.73 Å². The zero-order valence-corrected chi connectivity index (χ0v) is 9.59. The number of hydrogen-bond acceptors (Lipinski definition) is 3. The Morgan fingerprint density at radius 1 is 1.50 bits per heavy atom. The number of nitrogens with zero attached hydrogens (tertiary/aromatic N) is 2. The Hall–Kier alpha value is -1.26. The lowest BCUT2D eigenvalue weighted by Crippen LogP contribution is -2.42. The van der Waals surface area contributed by atoms with Gasteiger partial charge in [-0.25, -0.2) is 0 Å². The van der Waals surface area contributed by atoms with Crippen molar-refractivity contribution in [2.24, 2.45) is 22.7 Å². The second-order valence-corrected chi connectivity index (χ2v) is 4.91. The van der Waals surface area contributed by atoms with E-state index in [0.29, 0.717) is 12.0 Å². The molecule has 2 fully saturated rings. The molecule has 2 aliphatic carbocycles. The van der Waals surface area contributed by atoms with Gasteiger partial charge >= 0.3 is 0 Å². The van der Waals surface area contributed by atoms with Gasteiger partial charge in [0.15, 0.2) is 5.84 Å². The number of rotatable bonds is 5. The van der Waals surface area contributed by atoms with Crippen LogP contribution in [0.4, 0.5) is 0 Å². The number of amidine groups is 1. The molecule has 1 atom stereocenters. The minimum atomic E-state index is -0.510. The predicted octanol–water partition coefficient (Wildman–Crippen LogP) is 0.770. The Kier molecular flexibility index (Phi) is 3.03. The van der Waals surface area contributed by atoms with Crippen LogP contribution in [0.15, 0.2) is 5.16 Å². The van der Waals surface area contributed by atoms with Gasteiger partial charge in [0, 0.05) is 12.6 Å². The first kappa shape index (κ1) is 11.2. The topological polar surface area (TPSA) is 78.9 Å². The monoisotopic (exact) mass is 225 g/mol. The van der Waals surface area contributed by atoms with E-state index in [2.05, 4.69) is 5.16 Å². The summed E-state index contributed by atoms with van der Waals surface area (Å²) >= 11 is 0. The summed E-state index contributed by atoms with van der Waals surface area (Å²) in [6, 6.07) is 0.405. The van der Waals surface area contributed by atoms with Crippen molar-refractivity contribution in [1.82, 2.24) is 4.90 Å². The van der Waals surface area contributed by atoms with Gasteiger partial charge in [0.1, 0.15) is 0 Å². The van der Waals surface area contributed by atoms with E-state index in [1.54, 1.807) is 6.92 Å². The van der Waals surface area contributed by atoms with Gasteiger partial charge in [0.2, 0.25) is 5.91 Å². The van der Waals surface area contributed by atoms with E-state index in [1.807, 2.05) is 4.90 Å². The predicted molar refractivity (Wildman–Crippen MR) is 60.0 cm³/mol. The third-order valence-corrected chi connectivity index (χ3v) is 3.35. The van der Waals surface area contributed by atoms with Gasteiger partial charge in [-0.1, -0.05) is 5.16 Å². The number of oxime groups is 1. The second kappa shape index (κ2) is 4.31. The SMILES string of the molecule is CC(C(=O)N(CC1CC1)C1CC1)C(N)=NO. The first-order valence-corrected chi connectivity index (χ1v) is 5.91. The molecule has 2 aliphatic rings. The van der Waals surface area contributed by atoms with Crippen molar-refractivity contribution in [2.75, 3.05) is 6.54 Å². The minimum absolute atomic E-state index is 0.00435. The molecule has 0 aromatic rings. The maximum Gasteiger partial charge on any atom is 0.233 e. The van der Waals surface area contributed by atoms with Gasteiger partial charge in [-0.3, -0.25) is 4.79 Å². The molecule has 90 valence electrons. The van der Waals surface area contributed by atoms with Crippen LogP contribution in [-0.4, -0.2) is 34.4 Å². The maximum absolute atomic E-state index is 12.1. The van der Waals surface area contributed by atoms with Crippen molar-refractivity contribution >= 4 is 11.7 Å². The number of carbonyl (C=O) groups is 1. The fourth-order valence-electron chi connectivity index (χ4n) is 1.85. The molecule has 0 heterocycles. The third-order valence-electron chi connectivity index (χ3n) is 3.35. The molecule has 5 nitrogen and oxygen atoms in total. The summed E-state index contributed by atoms with van der Waals surface area (Å²) < 4.78 is 0. The highest BCUT2D eigenvalue weighted by molar-refractivity contribution is 6.01. The third kappa shape index (κ3) is 2.46. The van der Waals surface area contributed by atoms with Crippen LogP contribution in [0.5, 0.6) is 0 Å². The average molecular weight is 225 g/mol. The molecule has 3 N–H and O–H groups in total. The highest BCUT2D eigenvalue weighted by Gasteiger charge is 2.38. The highest BCUT2D eigenvalue weighted by Crippen LogP contribution is 2.35. The summed E-state index contributed by atoms with van der Waals surface area (Å²) in [5.74, 6) is 0.185. The molecule has 16 heavy (non-hydrogen) atoms. The number of amides is 1. The van der Waals surface area contributed by atoms with E-state index in [1.165, 1.54) is 12.8 Å². The summed E-state index contributed by atoms with van der Waals surface area (Å²) in [5, 5.41) is 11.5. The van der Waals surface area contributed by atoms with Crippen LogP contribution in [0.25, 0.3) is 0 Å². The smallest absolute Gasteiger partial charge is 0.233 e. The molecule has 0 aromatic heterocycles. The van der Waals surface area contributed by atoms with Crippen molar-refractivity contribution in [2.45, 2.75) is 38.6 Å². The van der Waals surface area contributed by atoms with E-state index < -0.39 is 5.92 Å². The minimum Gasteiger partial charge on any atom is -0.409 e. The summed E-state index contributed by atoms with van der Waals surface area (Å²) in [6.45, 7) is 2.55. The molecule has 0 bridgehead atoms. The number of nitrogens with two attached hydrogens (primary N) is 1. The standard InChI is InChI=1S/C11H19N3O2/c1-7(10(12)13-16)11(15)14(9-4-5-9)6-8-2-3-8/h7-9,16H,2-6H2,1H3,(H2,12,13). The van der Waals surface area contributed by atoms with Gasteiger partial charge in [0.05, 0.1) is 5.92 Å². The normalized spacial score (nSPS) is 22.9. The molecular weight excluding hydrogens is 206 g/mol.